The van der Waals surface area contributed by atoms with E-state index in [4.69, 9.17) is 10.6 Å². The number of carbonyl (C=O) groups is 3. The summed E-state index contributed by atoms with van der Waals surface area (Å²) in [6, 6.07) is -1.92. The molecule has 3 N–H and O–H groups in total. The number of oxime groups is 1. The van der Waals surface area contributed by atoms with Gasteiger partial charge in [0.15, 0.2) is 10.8 Å². The molecule has 4 rings (SSSR count). The largest absolute Gasteiger partial charge is 1.00 e. The molecule has 0 radical (unpaired) electrons. The molecule has 2 aliphatic heterocycles. The van der Waals surface area contributed by atoms with E-state index in [0.29, 0.717) is 0 Å². The Morgan fingerprint density at radius 3 is 2.50 bits per heavy atom. The van der Waals surface area contributed by atoms with Gasteiger partial charge in [0.2, 0.25) is 5.91 Å². The van der Waals surface area contributed by atoms with Crippen LogP contribution >= 0.6 is 23.1 Å². The van der Waals surface area contributed by atoms with Gasteiger partial charge >= 0.3 is 29.6 Å². The van der Waals surface area contributed by atoms with Gasteiger partial charge in [-0.1, -0.05) is 24.4 Å². The fourth-order valence-corrected chi connectivity index (χ4v) is 6.76. The van der Waals surface area contributed by atoms with Gasteiger partial charge in [-0.3, -0.25) is 9.59 Å². The van der Waals surface area contributed by atoms with Crippen LogP contribution < -0.4 is 45.7 Å². The molecule has 2 amide bonds. The topological polar surface area (TPSA) is 150 Å². The summed E-state index contributed by atoms with van der Waals surface area (Å²) in [7, 11) is 0. The monoisotopic (exact) mass is 517 g/mol. The number of nitrogens with one attached hydrogen (secondary N) is 1. The van der Waals surface area contributed by atoms with Crippen molar-refractivity contribution in [1.82, 2.24) is 15.2 Å². The number of carboxylic acid groups (broad SMARTS) is 1. The van der Waals surface area contributed by atoms with Gasteiger partial charge in [0.05, 0.1) is 12.0 Å². The number of anilines is 1. The van der Waals surface area contributed by atoms with Gasteiger partial charge in [-0.25, -0.2) is 4.98 Å². The number of β-lactam (4-membered cyclic amide) rings is 1. The molecule has 1 aliphatic carbocycles. The third-order valence-electron chi connectivity index (χ3n) is 6.28. The van der Waals surface area contributed by atoms with E-state index >= 15 is 0 Å². The number of carbonyl (C=O) groups excluding carboxylic acids is 3. The van der Waals surface area contributed by atoms with Crippen LogP contribution in [0.15, 0.2) is 10.5 Å². The summed E-state index contributed by atoms with van der Waals surface area (Å²) in [6.45, 7) is 3.49. The van der Waals surface area contributed by atoms with Gasteiger partial charge in [0.25, 0.3) is 5.91 Å². The number of rotatable bonds is 6. The second-order valence-corrected chi connectivity index (χ2v) is 11.8. The molecule has 0 unspecified atom stereocenters. The van der Waals surface area contributed by atoms with Crippen molar-refractivity contribution in [3.63, 3.8) is 0 Å². The van der Waals surface area contributed by atoms with Crippen molar-refractivity contribution in [3.05, 3.63) is 11.1 Å². The summed E-state index contributed by atoms with van der Waals surface area (Å²) in [4.78, 5) is 48.7. The molecule has 10 nitrogen and oxygen atoms in total. The molecule has 3 atom stereocenters. The van der Waals surface area contributed by atoms with Crippen LogP contribution in [0.5, 0.6) is 0 Å². The van der Waals surface area contributed by atoms with Gasteiger partial charge in [0.1, 0.15) is 23.2 Å². The molecule has 1 aromatic heterocycles. The summed E-state index contributed by atoms with van der Waals surface area (Å²) in [5, 5.41) is 19.9. The Hall–Kier alpha value is -1.34. The van der Waals surface area contributed by atoms with E-state index in [1.807, 2.05) is 0 Å². The number of aromatic nitrogens is 1. The van der Waals surface area contributed by atoms with Crippen molar-refractivity contribution in [3.8, 4) is 0 Å². The van der Waals surface area contributed by atoms with Crippen molar-refractivity contribution in [2.45, 2.75) is 87.1 Å². The Balaban J connectivity index is 0.00000324. The fraction of sp³-hybridized carbons (Fsp3) is 0.667. The molecule has 2 saturated heterocycles. The molecule has 1 saturated carbocycles. The number of nitrogen functional groups attached to an aromatic ring is 1. The van der Waals surface area contributed by atoms with Crippen LogP contribution in [0.2, 0.25) is 0 Å². The Kier molecular flexibility index (Phi) is 8.94. The number of hydrogen-bond donors (Lipinski definition) is 2. The average molecular weight is 518 g/mol. The molecule has 1 aromatic rings. The SMILES string of the molecule is CC1(C)S[C@@H]2[C@@H](NC(=O)/C(=N\OC3CCCCCCC3)c3csc(N)n3)C(=O)N2[C@H]1C(=O)[O-].[Na+]. The molecule has 3 heterocycles. The normalized spacial score (nSPS) is 27.0. The predicted octanol–water partition coefficient (Wildman–Crippen LogP) is -2.14. The maximum atomic E-state index is 13.2. The zero-order valence-corrected chi connectivity index (χ0v) is 23.2. The molecule has 0 aromatic carbocycles. The maximum Gasteiger partial charge on any atom is 1.00 e. The quantitative estimate of drug-likeness (QED) is 0.188. The van der Waals surface area contributed by atoms with Gasteiger partial charge in [0, 0.05) is 10.1 Å². The summed E-state index contributed by atoms with van der Waals surface area (Å²) < 4.78 is -0.736. The second-order valence-electron chi connectivity index (χ2n) is 9.11. The molecule has 34 heavy (non-hydrogen) atoms. The summed E-state index contributed by atoms with van der Waals surface area (Å²) in [5.41, 5.74) is 5.98. The molecule has 3 aliphatic rings. The third kappa shape index (κ3) is 5.56. The number of carboxylic acids is 1. The van der Waals surface area contributed by atoms with Crippen molar-refractivity contribution >= 4 is 51.7 Å². The molecule has 3 fully saturated rings. The van der Waals surface area contributed by atoms with Crippen molar-refractivity contribution < 1.29 is 53.9 Å². The minimum absolute atomic E-state index is 0. The zero-order valence-electron chi connectivity index (χ0n) is 19.6. The molecule has 180 valence electrons. The first-order chi connectivity index (χ1) is 15.7. The molecule has 0 spiro atoms. The van der Waals surface area contributed by atoms with Crippen molar-refractivity contribution in [2.75, 3.05) is 5.73 Å². The number of aliphatic carboxylic acids is 1. The van der Waals surface area contributed by atoms with E-state index in [9.17, 15) is 19.5 Å². The number of hydrogen-bond acceptors (Lipinski definition) is 10. The van der Waals surface area contributed by atoms with Gasteiger partial charge in [-0.2, -0.15) is 0 Å². The first-order valence-electron chi connectivity index (χ1n) is 11.2. The molecular weight excluding hydrogens is 489 g/mol. The molecule has 13 heteroatoms. The summed E-state index contributed by atoms with van der Waals surface area (Å²) in [6.07, 6.45) is 7.28. The molecular formula is C21H28N5NaO5S2. The van der Waals surface area contributed by atoms with E-state index in [1.54, 1.807) is 19.2 Å². The van der Waals surface area contributed by atoms with Crippen LogP contribution in [-0.2, 0) is 19.2 Å². The average Bonchev–Trinajstić information content (AvgIpc) is 3.26. The zero-order chi connectivity index (χ0) is 23.8. The fourth-order valence-electron chi connectivity index (χ4n) is 4.59. The Bertz CT molecular complexity index is 963. The van der Waals surface area contributed by atoms with Crippen LogP contribution in [0.4, 0.5) is 5.13 Å². The Morgan fingerprint density at radius 1 is 1.26 bits per heavy atom. The van der Waals surface area contributed by atoms with Crippen LogP contribution in [0, 0.1) is 0 Å². The Labute approximate surface area is 228 Å². The first kappa shape index (κ1) is 27.3. The van der Waals surface area contributed by atoms with Gasteiger partial charge < -0.3 is 30.7 Å². The van der Waals surface area contributed by atoms with E-state index < -0.39 is 40.0 Å². The third-order valence-corrected chi connectivity index (χ3v) is 8.52. The predicted molar refractivity (Wildman–Crippen MR) is 123 cm³/mol. The number of nitrogens with zero attached hydrogens (tertiary/aromatic N) is 3. The van der Waals surface area contributed by atoms with Crippen molar-refractivity contribution in [1.29, 1.82) is 0 Å². The Morgan fingerprint density at radius 2 is 1.91 bits per heavy atom. The number of thioether (sulfide) groups is 1. The standard InChI is InChI=1S/C21H29N5O5S2.Na/c1-21(2)15(19(29)30)26-17(28)14(18(26)33-21)24-16(27)13(12-10-32-20(22)23-12)25-31-11-8-6-4-3-5-7-9-11;/h10-11,14-15,18H,3-9H2,1-2H3,(H2,22,23)(H,24,27)(H,29,30);/q;+1/p-1/b25-13-;/t14-,15-,18+;/m0./s1. The maximum absolute atomic E-state index is 13.2. The number of nitrogens with two attached hydrogens (primary N) is 1. The molecule has 0 bridgehead atoms. The van der Waals surface area contributed by atoms with Crippen LogP contribution in [0.3, 0.4) is 0 Å². The summed E-state index contributed by atoms with van der Waals surface area (Å²) in [5.74, 6) is -2.38. The second kappa shape index (κ2) is 11.2. The minimum Gasteiger partial charge on any atom is -0.548 e. The van der Waals surface area contributed by atoms with E-state index in [1.165, 1.54) is 34.4 Å². The smallest absolute Gasteiger partial charge is 0.548 e. The first-order valence-corrected chi connectivity index (χ1v) is 12.9. The van der Waals surface area contributed by atoms with Gasteiger partial charge in [-0.05, 0) is 39.5 Å². The van der Waals surface area contributed by atoms with E-state index in [-0.39, 0.29) is 52.2 Å². The van der Waals surface area contributed by atoms with Crippen LogP contribution in [0.25, 0.3) is 0 Å². The minimum atomic E-state index is -1.30. The van der Waals surface area contributed by atoms with Crippen LogP contribution in [-0.4, -0.2) is 61.7 Å². The van der Waals surface area contributed by atoms with Crippen LogP contribution in [0.1, 0.15) is 64.5 Å². The number of amides is 2. The number of fused-ring (bicyclic) bond motifs is 1. The van der Waals surface area contributed by atoms with E-state index in [0.717, 1.165) is 38.5 Å². The summed E-state index contributed by atoms with van der Waals surface area (Å²) >= 11 is 2.50. The van der Waals surface area contributed by atoms with Gasteiger partial charge in [-0.15, -0.1) is 23.1 Å². The van der Waals surface area contributed by atoms with Crippen molar-refractivity contribution in [2.24, 2.45) is 5.16 Å². The number of thiazole rings is 1. The van der Waals surface area contributed by atoms with E-state index in [2.05, 4.69) is 15.5 Å².